The second kappa shape index (κ2) is 6.51. The van der Waals surface area contributed by atoms with Gasteiger partial charge in [-0.05, 0) is 34.2 Å². The first-order valence-electron chi connectivity index (χ1n) is 5.85. The summed E-state index contributed by atoms with van der Waals surface area (Å²) < 4.78 is 0.994. The number of aromatic nitrogens is 2. The number of hydrogen-bond donors (Lipinski definition) is 2. The summed E-state index contributed by atoms with van der Waals surface area (Å²) >= 11 is 2.16. The number of nitrogens with two attached hydrogens (primary N) is 1. The smallest absolute Gasteiger partial charge is 0.225 e. The number of amidine groups is 1. The van der Waals surface area contributed by atoms with Crippen LogP contribution in [0.15, 0.2) is 41.8 Å². The first-order chi connectivity index (χ1) is 9.60. The highest BCUT2D eigenvalue weighted by Crippen LogP contribution is 2.12. The van der Waals surface area contributed by atoms with Crippen LogP contribution in [0.5, 0.6) is 0 Å². The maximum atomic E-state index is 8.70. The molecule has 1 aromatic heterocycles. The fourth-order valence-electron chi connectivity index (χ4n) is 1.73. The second-order valence-corrected chi connectivity index (χ2v) is 5.49. The molecule has 0 aliphatic carbocycles. The Morgan fingerprint density at radius 3 is 2.75 bits per heavy atom. The number of benzene rings is 1. The van der Waals surface area contributed by atoms with Gasteiger partial charge in [0.2, 0.25) is 5.95 Å². The zero-order chi connectivity index (χ0) is 14.5. The molecule has 20 heavy (non-hydrogen) atoms. The molecule has 7 heteroatoms. The van der Waals surface area contributed by atoms with Crippen molar-refractivity contribution in [2.45, 2.75) is 6.54 Å². The molecule has 0 amide bonds. The summed E-state index contributed by atoms with van der Waals surface area (Å²) in [5.41, 5.74) is 7.29. The predicted octanol–water partition coefficient (Wildman–Crippen LogP) is 1.81. The van der Waals surface area contributed by atoms with Crippen molar-refractivity contribution in [1.29, 1.82) is 0 Å². The summed E-state index contributed by atoms with van der Waals surface area (Å²) in [6.45, 7) is 0.632. The van der Waals surface area contributed by atoms with Gasteiger partial charge in [0, 0.05) is 35.1 Å². The average molecular weight is 383 g/mol. The summed E-state index contributed by atoms with van der Waals surface area (Å²) in [6.07, 6.45) is 3.54. The third kappa shape index (κ3) is 3.56. The number of anilines is 1. The molecule has 0 saturated carbocycles. The summed E-state index contributed by atoms with van der Waals surface area (Å²) in [5.74, 6) is 0.750. The van der Waals surface area contributed by atoms with Gasteiger partial charge in [-0.15, -0.1) is 0 Å². The standard InChI is InChI=1S/C13H14IN5O/c1-19(13-16-6-11(14)7-17-13)8-9-3-2-4-10(5-9)12(15)18-20/h2-7,20H,8H2,1H3,(H2,15,18). The van der Waals surface area contributed by atoms with Crippen LogP contribution in [0.4, 0.5) is 5.95 Å². The topological polar surface area (TPSA) is 87.6 Å². The maximum absolute atomic E-state index is 8.70. The van der Waals surface area contributed by atoms with E-state index >= 15 is 0 Å². The van der Waals surface area contributed by atoms with Gasteiger partial charge in [-0.1, -0.05) is 23.4 Å². The third-order valence-electron chi connectivity index (χ3n) is 2.70. The van der Waals surface area contributed by atoms with Crippen LogP contribution in [0, 0.1) is 3.57 Å². The quantitative estimate of drug-likeness (QED) is 0.277. The fourth-order valence-corrected chi connectivity index (χ4v) is 2.01. The van der Waals surface area contributed by atoms with Crippen molar-refractivity contribution >= 4 is 34.4 Å². The van der Waals surface area contributed by atoms with Gasteiger partial charge in [-0.3, -0.25) is 0 Å². The minimum Gasteiger partial charge on any atom is -0.409 e. The van der Waals surface area contributed by atoms with E-state index < -0.39 is 0 Å². The lowest BCUT2D eigenvalue weighted by atomic mass is 10.1. The van der Waals surface area contributed by atoms with E-state index in [2.05, 4.69) is 37.7 Å². The Morgan fingerprint density at radius 1 is 1.40 bits per heavy atom. The molecule has 6 nitrogen and oxygen atoms in total. The highest BCUT2D eigenvalue weighted by Gasteiger charge is 2.06. The van der Waals surface area contributed by atoms with Crippen LogP contribution < -0.4 is 10.6 Å². The Morgan fingerprint density at radius 2 is 2.10 bits per heavy atom. The molecule has 104 valence electrons. The van der Waals surface area contributed by atoms with Crippen molar-refractivity contribution in [2.75, 3.05) is 11.9 Å². The molecule has 0 unspecified atom stereocenters. The van der Waals surface area contributed by atoms with Crippen molar-refractivity contribution in [3.8, 4) is 0 Å². The zero-order valence-corrected chi connectivity index (χ0v) is 13.0. The molecule has 2 aromatic rings. The second-order valence-electron chi connectivity index (χ2n) is 4.24. The van der Waals surface area contributed by atoms with Gasteiger partial charge in [0.1, 0.15) is 0 Å². The molecule has 2 rings (SSSR count). The number of rotatable bonds is 4. The molecule has 0 aliphatic rings. The van der Waals surface area contributed by atoms with Gasteiger partial charge < -0.3 is 15.8 Å². The van der Waals surface area contributed by atoms with Crippen molar-refractivity contribution < 1.29 is 5.21 Å². The van der Waals surface area contributed by atoms with Crippen molar-refractivity contribution in [1.82, 2.24) is 9.97 Å². The van der Waals surface area contributed by atoms with Gasteiger partial charge >= 0.3 is 0 Å². The number of nitrogens with zero attached hydrogens (tertiary/aromatic N) is 4. The van der Waals surface area contributed by atoms with Gasteiger partial charge in [-0.2, -0.15) is 0 Å². The zero-order valence-electron chi connectivity index (χ0n) is 10.9. The minimum absolute atomic E-state index is 0.0972. The fraction of sp³-hybridized carbons (Fsp3) is 0.154. The summed E-state index contributed by atoms with van der Waals surface area (Å²) in [6, 6.07) is 7.50. The molecule has 0 radical (unpaired) electrons. The molecule has 3 N–H and O–H groups in total. The average Bonchev–Trinajstić information content (AvgIpc) is 2.47. The van der Waals surface area contributed by atoms with E-state index in [0.29, 0.717) is 18.1 Å². The van der Waals surface area contributed by atoms with E-state index in [-0.39, 0.29) is 5.84 Å². The van der Waals surface area contributed by atoms with E-state index in [1.54, 1.807) is 18.5 Å². The van der Waals surface area contributed by atoms with Crippen LogP contribution in [0.1, 0.15) is 11.1 Å². The van der Waals surface area contributed by atoms with E-state index in [4.69, 9.17) is 10.9 Å². The predicted molar refractivity (Wildman–Crippen MR) is 85.8 cm³/mol. The Balaban J connectivity index is 2.15. The molecule has 0 bridgehead atoms. The monoisotopic (exact) mass is 383 g/mol. The van der Waals surface area contributed by atoms with Crippen molar-refractivity contribution in [2.24, 2.45) is 10.9 Å². The first-order valence-corrected chi connectivity index (χ1v) is 6.93. The Labute approximate surface area is 130 Å². The molecule has 1 heterocycles. The van der Waals surface area contributed by atoms with Crippen molar-refractivity contribution in [3.05, 3.63) is 51.4 Å². The SMILES string of the molecule is CN(Cc1cccc(/C(N)=N/O)c1)c1ncc(I)cn1. The van der Waals surface area contributed by atoms with Crippen LogP contribution >= 0.6 is 22.6 Å². The molecule has 0 saturated heterocycles. The van der Waals surface area contributed by atoms with Crippen LogP contribution in [0.25, 0.3) is 0 Å². The largest absolute Gasteiger partial charge is 0.409 e. The van der Waals surface area contributed by atoms with Gasteiger partial charge in [0.05, 0.1) is 0 Å². The van der Waals surface area contributed by atoms with E-state index in [1.165, 1.54) is 0 Å². The van der Waals surface area contributed by atoms with E-state index in [0.717, 1.165) is 9.13 Å². The normalized spacial score (nSPS) is 11.4. The molecule has 0 fully saturated rings. The van der Waals surface area contributed by atoms with Gasteiger partial charge in [0.15, 0.2) is 5.84 Å². The lowest BCUT2D eigenvalue weighted by molar-refractivity contribution is 0.318. The molecule has 0 aliphatic heterocycles. The number of oxime groups is 1. The summed E-state index contributed by atoms with van der Waals surface area (Å²) in [5, 5.41) is 11.7. The van der Waals surface area contributed by atoms with Crippen LogP contribution in [0.3, 0.4) is 0 Å². The number of hydrogen-bond acceptors (Lipinski definition) is 5. The molecule has 0 spiro atoms. The maximum Gasteiger partial charge on any atom is 0.225 e. The van der Waals surface area contributed by atoms with Crippen molar-refractivity contribution in [3.63, 3.8) is 0 Å². The Kier molecular flexibility index (Phi) is 4.72. The summed E-state index contributed by atoms with van der Waals surface area (Å²) in [4.78, 5) is 10.5. The number of halogens is 1. The molecule has 1 aromatic carbocycles. The molecule has 0 atom stereocenters. The lowest BCUT2D eigenvalue weighted by Gasteiger charge is -2.17. The highest BCUT2D eigenvalue weighted by atomic mass is 127. The van der Waals surface area contributed by atoms with Crippen LogP contribution in [0.2, 0.25) is 0 Å². The Bertz CT molecular complexity index is 614. The van der Waals surface area contributed by atoms with E-state index in [1.807, 2.05) is 30.1 Å². The van der Waals surface area contributed by atoms with Gasteiger partial charge in [0.25, 0.3) is 0 Å². The molecular formula is C13H14IN5O. The van der Waals surface area contributed by atoms with Crippen LogP contribution in [-0.2, 0) is 6.54 Å². The van der Waals surface area contributed by atoms with Gasteiger partial charge in [-0.25, -0.2) is 9.97 Å². The first kappa shape index (κ1) is 14.5. The highest BCUT2D eigenvalue weighted by molar-refractivity contribution is 14.1. The Hall–Kier alpha value is -1.90. The molecular weight excluding hydrogens is 369 g/mol. The van der Waals surface area contributed by atoms with E-state index in [9.17, 15) is 0 Å². The summed E-state index contributed by atoms with van der Waals surface area (Å²) in [7, 11) is 1.92. The minimum atomic E-state index is 0.0972. The lowest BCUT2D eigenvalue weighted by Crippen LogP contribution is -2.20. The third-order valence-corrected chi connectivity index (χ3v) is 3.26. The van der Waals surface area contributed by atoms with Crippen LogP contribution in [-0.4, -0.2) is 28.1 Å².